The van der Waals surface area contributed by atoms with Gasteiger partial charge >= 0.3 is 0 Å². The van der Waals surface area contributed by atoms with Crippen molar-refractivity contribution in [2.45, 2.75) is 25.1 Å². The summed E-state index contributed by atoms with van der Waals surface area (Å²) in [4.78, 5) is 2.43. The van der Waals surface area contributed by atoms with Crippen LogP contribution in [-0.4, -0.2) is 31.1 Å². The Morgan fingerprint density at radius 1 is 1.50 bits per heavy atom. The van der Waals surface area contributed by atoms with Crippen LogP contribution in [0.5, 0.6) is 0 Å². The van der Waals surface area contributed by atoms with Crippen molar-refractivity contribution in [2.24, 2.45) is 0 Å². The molecular formula is C14H21ClN2S. The Bertz CT molecular complexity index is 411. The van der Waals surface area contributed by atoms with Gasteiger partial charge in [0.2, 0.25) is 0 Å². The number of nitrogens with zero attached hydrogens (tertiary/aromatic N) is 1. The lowest BCUT2D eigenvalue weighted by atomic mass is 10.1. The molecular weight excluding hydrogens is 264 g/mol. The highest BCUT2D eigenvalue weighted by Gasteiger charge is 2.18. The van der Waals surface area contributed by atoms with E-state index in [0.717, 1.165) is 18.1 Å². The lowest BCUT2D eigenvalue weighted by Gasteiger charge is -2.32. The minimum absolute atomic E-state index is 0.294. The SMILES string of the molecule is CNC(C)c1ccc(N2CCSC(C)C2)cc1Cl. The van der Waals surface area contributed by atoms with Crippen LogP contribution in [0.1, 0.15) is 25.5 Å². The van der Waals surface area contributed by atoms with E-state index in [-0.39, 0.29) is 0 Å². The molecule has 4 heteroatoms. The van der Waals surface area contributed by atoms with Gasteiger partial charge in [0.05, 0.1) is 0 Å². The summed E-state index contributed by atoms with van der Waals surface area (Å²) in [6, 6.07) is 6.73. The van der Waals surface area contributed by atoms with Gasteiger partial charge in [0.1, 0.15) is 0 Å². The van der Waals surface area contributed by atoms with Gasteiger partial charge in [0, 0.05) is 40.8 Å². The maximum Gasteiger partial charge on any atom is 0.0474 e. The molecule has 0 amide bonds. The molecule has 2 nitrogen and oxygen atoms in total. The van der Waals surface area contributed by atoms with Crippen LogP contribution in [0.3, 0.4) is 0 Å². The molecule has 0 aliphatic carbocycles. The topological polar surface area (TPSA) is 15.3 Å². The summed E-state index contributed by atoms with van der Waals surface area (Å²) in [5.41, 5.74) is 2.42. The van der Waals surface area contributed by atoms with Crippen LogP contribution in [-0.2, 0) is 0 Å². The van der Waals surface area contributed by atoms with Crippen molar-refractivity contribution >= 4 is 29.1 Å². The van der Waals surface area contributed by atoms with Crippen molar-refractivity contribution in [3.8, 4) is 0 Å². The number of halogens is 1. The fourth-order valence-electron chi connectivity index (χ4n) is 2.27. The molecule has 1 aromatic rings. The molecule has 0 aromatic heterocycles. The van der Waals surface area contributed by atoms with Gasteiger partial charge in [-0.1, -0.05) is 24.6 Å². The minimum atomic E-state index is 0.294. The fraction of sp³-hybridized carbons (Fsp3) is 0.571. The van der Waals surface area contributed by atoms with E-state index >= 15 is 0 Å². The quantitative estimate of drug-likeness (QED) is 0.914. The first-order chi connectivity index (χ1) is 8.61. The van der Waals surface area contributed by atoms with Gasteiger partial charge < -0.3 is 10.2 Å². The predicted octanol–water partition coefficient (Wildman–Crippen LogP) is 3.56. The summed E-state index contributed by atoms with van der Waals surface area (Å²) >= 11 is 8.43. The number of rotatable bonds is 3. The molecule has 1 saturated heterocycles. The summed E-state index contributed by atoms with van der Waals surface area (Å²) in [7, 11) is 1.96. The Balaban J connectivity index is 2.17. The zero-order valence-electron chi connectivity index (χ0n) is 11.2. The average molecular weight is 285 g/mol. The van der Waals surface area contributed by atoms with E-state index in [4.69, 9.17) is 11.6 Å². The molecule has 0 spiro atoms. The van der Waals surface area contributed by atoms with Crippen molar-refractivity contribution in [3.05, 3.63) is 28.8 Å². The molecule has 2 unspecified atom stereocenters. The number of benzene rings is 1. The second kappa shape index (κ2) is 6.18. The van der Waals surface area contributed by atoms with Gasteiger partial charge in [-0.25, -0.2) is 0 Å². The van der Waals surface area contributed by atoms with E-state index in [0.29, 0.717) is 11.3 Å². The second-order valence-corrected chi connectivity index (χ2v) is 6.80. The summed E-state index contributed by atoms with van der Waals surface area (Å²) in [6.45, 7) is 6.64. The molecule has 1 aliphatic heterocycles. The highest BCUT2D eigenvalue weighted by molar-refractivity contribution is 8.00. The van der Waals surface area contributed by atoms with Gasteiger partial charge in [0.15, 0.2) is 0 Å². The third-order valence-electron chi connectivity index (χ3n) is 3.49. The van der Waals surface area contributed by atoms with Gasteiger partial charge in [-0.15, -0.1) is 0 Å². The third kappa shape index (κ3) is 3.14. The zero-order chi connectivity index (χ0) is 13.1. The molecule has 1 aromatic carbocycles. The number of nitrogens with one attached hydrogen (secondary N) is 1. The predicted molar refractivity (Wildman–Crippen MR) is 83.1 cm³/mol. The van der Waals surface area contributed by atoms with E-state index < -0.39 is 0 Å². The van der Waals surface area contributed by atoms with E-state index in [1.807, 2.05) is 18.8 Å². The first kappa shape index (κ1) is 14.0. The van der Waals surface area contributed by atoms with Gasteiger partial charge in [-0.3, -0.25) is 0 Å². The second-order valence-electron chi connectivity index (χ2n) is 4.84. The van der Waals surface area contributed by atoms with E-state index in [1.54, 1.807) is 0 Å². The Morgan fingerprint density at radius 3 is 2.89 bits per heavy atom. The van der Waals surface area contributed by atoms with Crippen molar-refractivity contribution in [3.63, 3.8) is 0 Å². The highest BCUT2D eigenvalue weighted by Crippen LogP contribution is 2.30. The van der Waals surface area contributed by atoms with E-state index in [9.17, 15) is 0 Å². The van der Waals surface area contributed by atoms with Gasteiger partial charge in [0.25, 0.3) is 0 Å². The molecule has 1 N–H and O–H groups in total. The Hall–Kier alpha value is -0.380. The molecule has 18 heavy (non-hydrogen) atoms. The molecule has 1 fully saturated rings. The molecule has 2 atom stereocenters. The largest absolute Gasteiger partial charge is 0.370 e. The standard InChI is InChI=1S/C14H21ClN2S/c1-10-9-17(6-7-18-10)12-4-5-13(11(2)16-3)14(15)8-12/h4-5,8,10-11,16H,6-7,9H2,1-3H3. The van der Waals surface area contributed by atoms with Crippen molar-refractivity contribution in [2.75, 3.05) is 30.8 Å². The molecule has 100 valence electrons. The van der Waals surface area contributed by atoms with Crippen LogP contribution in [0.25, 0.3) is 0 Å². The number of hydrogen-bond acceptors (Lipinski definition) is 3. The molecule has 0 saturated carbocycles. The third-order valence-corrected chi connectivity index (χ3v) is 4.95. The van der Waals surface area contributed by atoms with Crippen LogP contribution >= 0.6 is 23.4 Å². The minimum Gasteiger partial charge on any atom is -0.370 e. The van der Waals surface area contributed by atoms with E-state index in [1.165, 1.54) is 17.0 Å². The van der Waals surface area contributed by atoms with E-state index in [2.05, 4.69) is 42.3 Å². The first-order valence-electron chi connectivity index (χ1n) is 6.45. The summed E-state index contributed by atoms with van der Waals surface area (Å²) in [5, 5.41) is 4.79. The number of thioether (sulfide) groups is 1. The first-order valence-corrected chi connectivity index (χ1v) is 7.87. The van der Waals surface area contributed by atoms with Crippen LogP contribution in [0.4, 0.5) is 5.69 Å². The highest BCUT2D eigenvalue weighted by atomic mass is 35.5. The van der Waals surface area contributed by atoms with Crippen LogP contribution < -0.4 is 10.2 Å². The fourth-order valence-corrected chi connectivity index (χ4v) is 3.62. The number of hydrogen-bond donors (Lipinski definition) is 1. The van der Waals surface area contributed by atoms with Crippen LogP contribution in [0.15, 0.2) is 18.2 Å². The molecule has 0 bridgehead atoms. The van der Waals surface area contributed by atoms with Crippen molar-refractivity contribution < 1.29 is 0 Å². The Labute approximate surface area is 119 Å². The van der Waals surface area contributed by atoms with Gasteiger partial charge in [-0.2, -0.15) is 11.8 Å². The molecule has 2 rings (SSSR count). The maximum absolute atomic E-state index is 6.39. The Morgan fingerprint density at radius 2 is 2.28 bits per heavy atom. The summed E-state index contributed by atoms with van der Waals surface area (Å²) in [6.07, 6.45) is 0. The van der Waals surface area contributed by atoms with Crippen LogP contribution in [0, 0.1) is 0 Å². The molecule has 1 heterocycles. The summed E-state index contributed by atoms with van der Waals surface area (Å²) in [5.74, 6) is 1.20. The molecule has 1 aliphatic rings. The number of anilines is 1. The van der Waals surface area contributed by atoms with Crippen molar-refractivity contribution in [1.29, 1.82) is 0 Å². The normalized spacial score (nSPS) is 22.0. The average Bonchev–Trinajstić information content (AvgIpc) is 2.37. The smallest absolute Gasteiger partial charge is 0.0474 e. The Kier molecular flexibility index (Phi) is 4.82. The molecule has 0 radical (unpaired) electrons. The van der Waals surface area contributed by atoms with Crippen molar-refractivity contribution in [1.82, 2.24) is 5.32 Å². The zero-order valence-corrected chi connectivity index (χ0v) is 12.8. The van der Waals surface area contributed by atoms with Gasteiger partial charge in [-0.05, 0) is 31.7 Å². The summed E-state index contributed by atoms with van der Waals surface area (Å²) < 4.78 is 0. The van der Waals surface area contributed by atoms with Crippen LogP contribution in [0.2, 0.25) is 5.02 Å². The lowest BCUT2D eigenvalue weighted by Crippen LogP contribution is -2.36. The monoisotopic (exact) mass is 284 g/mol. The lowest BCUT2D eigenvalue weighted by molar-refractivity contribution is 0.652. The maximum atomic E-state index is 6.39.